The first-order valence-electron chi connectivity index (χ1n) is 11.6. The minimum Gasteiger partial charge on any atom is -0.302 e. The van der Waals surface area contributed by atoms with E-state index in [1.807, 2.05) is 35.7 Å². The lowest BCUT2D eigenvalue weighted by Gasteiger charge is -2.09. The lowest BCUT2D eigenvalue weighted by molar-refractivity contribution is -0.113. The largest absolute Gasteiger partial charge is 0.302 e. The van der Waals surface area contributed by atoms with E-state index in [0.29, 0.717) is 11.7 Å². The number of aromatic nitrogens is 4. The van der Waals surface area contributed by atoms with Gasteiger partial charge in [0, 0.05) is 38.9 Å². The molecule has 182 valence electrons. The van der Waals surface area contributed by atoms with Gasteiger partial charge in [0.15, 0.2) is 16.1 Å². The summed E-state index contributed by atoms with van der Waals surface area (Å²) < 4.78 is 2.07. The molecular formula is C27H25N5OS3. The first-order chi connectivity index (χ1) is 17.5. The number of thiazole rings is 1. The summed E-state index contributed by atoms with van der Waals surface area (Å²) in [5, 5.41) is 17.3. The SMILES string of the molecule is CCn1c(SCC(=O)Nc2nc(-c3ccc(C)cc3)cs2)nnc1-c1csc(C)c1-c1ccccc1. The molecular weight excluding hydrogens is 507 g/mol. The van der Waals surface area contributed by atoms with Gasteiger partial charge in [0.2, 0.25) is 5.91 Å². The van der Waals surface area contributed by atoms with Crippen LogP contribution in [0.25, 0.3) is 33.8 Å². The maximum absolute atomic E-state index is 12.7. The maximum atomic E-state index is 12.7. The number of anilines is 1. The Balaban J connectivity index is 1.29. The van der Waals surface area contributed by atoms with E-state index >= 15 is 0 Å². The first kappa shape index (κ1) is 24.4. The lowest BCUT2D eigenvalue weighted by Crippen LogP contribution is -2.14. The van der Waals surface area contributed by atoms with E-state index in [9.17, 15) is 4.79 Å². The fourth-order valence-corrected chi connectivity index (χ4v) is 6.34. The molecule has 0 saturated heterocycles. The van der Waals surface area contributed by atoms with E-state index in [4.69, 9.17) is 0 Å². The van der Waals surface area contributed by atoms with Crippen molar-refractivity contribution in [3.05, 3.63) is 75.8 Å². The Kier molecular flexibility index (Phi) is 7.31. The van der Waals surface area contributed by atoms with E-state index in [0.717, 1.165) is 27.8 Å². The number of thioether (sulfide) groups is 1. The number of nitrogens with one attached hydrogen (secondary N) is 1. The molecule has 0 bridgehead atoms. The number of carbonyl (C=O) groups excluding carboxylic acids is 1. The summed E-state index contributed by atoms with van der Waals surface area (Å²) in [6.07, 6.45) is 0. The third-order valence-electron chi connectivity index (χ3n) is 5.74. The number of amides is 1. The van der Waals surface area contributed by atoms with Crippen LogP contribution in [0.5, 0.6) is 0 Å². The van der Waals surface area contributed by atoms with E-state index in [1.54, 1.807) is 11.3 Å². The minimum absolute atomic E-state index is 0.117. The Morgan fingerprint density at radius 3 is 2.50 bits per heavy atom. The molecule has 3 heterocycles. The number of hydrogen-bond donors (Lipinski definition) is 1. The highest BCUT2D eigenvalue weighted by atomic mass is 32.2. The molecule has 0 radical (unpaired) electrons. The monoisotopic (exact) mass is 531 g/mol. The highest BCUT2D eigenvalue weighted by Gasteiger charge is 2.20. The second kappa shape index (κ2) is 10.8. The molecule has 0 spiro atoms. The fourth-order valence-electron chi connectivity index (χ4n) is 3.94. The van der Waals surface area contributed by atoms with Crippen LogP contribution >= 0.6 is 34.4 Å². The maximum Gasteiger partial charge on any atom is 0.236 e. The van der Waals surface area contributed by atoms with Gasteiger partial charge in [-0.05, 0) is 26.3 Å². The second-order valence-corrected chi connectivity index (χ2v) is 11.1. The summed E-state index contributed by atoms with van der Waals surface area (Å²) in [5.41, 5.74) is 6.52. The average molecular weight is 532 g/mol. The van der Waals surface area contributed by atoms with Gasteiger partial charge in [-0.25, -0.2) is 4.98 Å². The summed E-state index contributed by atoms with van der Waals surface area (Å²) in [5.74, 6) is 0.936. The van der Waals surface area contributed by atoms with Crippen molar-refractivity contribution in [1.82, 2.24) is 19.7 Å². The van der Waals surface area contributed by atoms with Crippen molar-refractivity contribution in [2.75, 3.05) is 11.1 Å². The smallest absolute Gasteiger partial charge is 0.236 e. The number of carbonyl (C=O) groups is 1. The number of benzene rings is 2. The van der Waals surface area contributed by atoms with Gasteiger partial charge in [0.1, 0.15) is 0 Å². The third-order valence-corrected chi connectivity index (χ3v) is 8.38. The molecule has 0 saturated carbocycles. The van der Waals surface area contributed by atoms with Crippen molar-refractivity contribution in [3.63, 3.8) is 0 Å². The Bertz CT molecular complexity index is 1490. The van der Waals surface area contributed by atoms with Crippen LogP contribution in [0.2, 0.25) is 0 Å². The van der Waals surface area contributed by atoms with Crippen molar-refractivity contribution in [3.8, 4) is 33.8 Å². The molecule has 1 N–H and O–H groups in total. The Morgan fingerprint density at radius 2 is 1.75 bits per heavy atom. The number of rotatable bonds is 8. The molecule has 0 aliphatic rings. The van der Waals surface area contributed by atoms with Crippen LogP contribution in [0.4, 0.5) is 5.13 Å². The number of nitrogens with zero attached hydrogens (tertiary/aromatic N) is 4. The molecule has 0 aliphatic heterocycles. The van der Waals surface area contributed by atoms with E-state index in [-0.39, 0.29) is 11.7 Å². The number of aryl methyl sites for hydroxylation is 2. The summed E-state index contributed by atoms with van der Waals surface area (Å²) in [6.45, 7) is 6.97. The second-order valence-electron chi connectivity index (χ2n) is 8.24. The van der Waals surface area contributed by atoms with Gasteiger partial charge in [-0.1, -0.05) is 71.9 Å². The standard InChI is InChI=1S/C27H25N5OS3/c1-4-32-25(21-14-34-18(3)24(21)20-8-6-5-7-9-20)30-31-27(32)36-16-23(33)29-26-28-22(15-35-26)19-12-10-17(2)11-13-19/h5-15H,4,16H2,1-3H3,(H,28,29,33). The molecule has 2 aromatic carbocycles. The molecule has 1 amide bonds. The highest BCUT2D eigenvalue weighted by Crippen LogP contribution is 2.39. The molecule has 0 aliphatic carbocycles. The molecule has 0 unspecified atom stereocenters. The quantitative estimate of drug-likeness (QED) is 0.215. The topological polar surface area (TPSA) is 72.7 Å². The van der Waals surface area contributed by atoms with Crippen LogP contribution in [0.15, 0.2) is 70.5 Å². The molecule has 3 aromatic heterocycles. The molecule has 9 heteroatoms. The molecule has 0 fully saturated rings. The van der Waals surface area contributed by atoms with Gasteiger partial charge in [-0.15, -0.1) is 32.9 Å². The Morgan fingerprint density at radius 1 is 0.972 bits per heavy atom. The summed E-state index contributed by atoms with van der Waals surface area (Å²) >= 11 is 4.52. The zero-order valence-corrected chi connectivity index (χ0v) is 22.6. The fraction of sp³-hybridized carbons (Fsp3) is 0.185. The molecule has 5 aromatic rings. The third kappa shape index (κ3) is 5.13. The predicted molar refractivity (Wildman–Crippen MR) is 151 cm³/mol. The molecule has 0 atom stereocenters. The summed E-state index contributed by atoms with van der Waals surface area (Å²) in [6, 6.07) is 18.6. The van der Waals surface area contributed by atoms with Gasteiger partial charge >= 0.3 is 0 Å². The first-order valence-corrected chi connectivity index (χ1v) is 14.3. The van der Waals surface area contributed by atoms with Gasteiger partial charge in [0.05, 0.1) is 11.4 Å². The Labute approximate surface area is 222 Å². The zero-order chi connectivity index (χ0) is 25.1. The van der Waals surface area contributed by atoms with Crippen molar-refractivity contribution in [2.45, 2.75) is 32.5 Å². The van der Waals surface area contributed by atoms with Crippen molar-refractivity contribution in [2.24, 2.45) is 0 Å². The van der Waals surface area contributed by atoms with Crippen LogP contribution < -0.4 is 5.32 Å². The van der Waals surface area contributed by atoms with Gasteiger partial charge in [-0.3, -0.25) is 4.79 Å². The van der Waals surface area contributed by atoms with Crippen LogP contribution in [0.3, 0.4) is 0 Å². The average Bonchev–Trinajstić information content (AvgIpc) is 3.62. The van der Waals surface area contributed by atoms with Crippen LogP contribution in [-0.4, -0.2) is 31.4 Å². The Hall–Kier alpha value is -3.27. The van der Waals surface area contributed by atoms with Gasteiger partial charge in [0.25, 0.3) is 0 Å². The highest BCUT2D eigenvalue weighted by molar-refractivity contribution is 7.99. The van der Waals surface area contributed by atoms with Crippen molar-refractivity contribution < 1.29 is 4.79 Å². The lowest BCUT2D eigenvalue weighted by atomic mass is 10.0. The van der Waals surface area contributed by atoms with Gasteiger partial charge in [-0.2, -0.15) is 0 Å². The number of hydrogen-bond acceptors (Lipinski definition) is 7. The van der Waals surface area contributed by atoms with E-state index in [1.165, 1.54) is 44.7 Å². The van der Waals surface area contributed by atoms with E-state index in [2.05, 4.69) is 75.5 Å². The zero-order valence-electron chi connectivity index (χ0n) is 20.2. The molecule has 5 rings (SSSR count). The van der Waals surface area contributed by atoms with Gasteiger partial charge < -0.3 is 9.88 Å². The molecule has 6 nitrogen and oxygen atoms in total. The van der Waals surface area contributed by atoms with Crippen molar-refractivity contribution >= 4 is 45.5 Å². The predicted octanol–water partition coefficient (Wildman–Crippen LogP) is 7.16. The normalized spacial score (nSPS) is 11.1. The van der Waals surface area contributed by atoms with Crippen LogP contribution in [0, 0.1) is 13.8 Å². The number of thiophene rings is 1. The van der Waals surface area contributed by atoms with Crippen molar-refractivity contribution in [1.29, 1.82) is 0 Å². The van der Waals surface area contributed by atoms with Crippen LogP contribution in [0.1, 0.15) is 17.4 Å². The minimum atomic E-state index is -0.117. The summed E-state index contributed by atoms with van der Waals surface area (Å²) in [7, 11) is 0. The van der Waals surface area contributed by atoms with Crippen LogP contribution in [-0.2, 0) is 11.3 Å². The van der Waals surface area contributed by atoms with E-state index < -0.39 is 0 Å². The molecule has 36 heavy (non-hydrogen) atoms. The summed E-state index contributed by atoms with van der Waals surface area (Å²) in [4.78, 5) is 18.5.